The van der Waals surface area contributed by atoms with E-state index in [9.17, 15) is 5.11 Å². The molecule has 2 fully saturated rings. The number of hydrogen-bond acceptors (Lipinski definition) is 7. The Morgan fingerprint density at radius 2 is 1.86 bits per heavy atom. The summed E-state index contributed by atoms with van der Waals surface area (Å²) < 4.78 is 2.21. The Labute approximate surface area is 170 Å². The van der Waals surface area contributed by atoms with Gasteiger partial charge in [-0.3, -0.25) is 0 Å². The summed E-state index contributed by atoms with van der Waals surface area (Å²) in [6.45, 7) is 8.17. The van der Waals surface area contributed by atoms with E-state index in [1.807, 2.05) is 19.1 Å². The van der Waals surface area contributed by atoms with Gasteiger partial charge >= 0.3 is 0 Å². The van der Waals surface area contributed by atoms with Crippen LogP contribution in [0.4, 0.5) is 17.6 Å². The summed E-state index contributed by atoms with van der Waals surface area (Å²) in [7, 11) is 0. The Bertz CT molecular complexity index is 1030. The molecular formula is C21H27N7O. The van der Waals surface area contributed by atoms with E-state index in [1.54, 1.807) is 12.4 Å². The highest BCUT2D eigenvalue weighted by Gasteiger charge is 2.41. The van der Waals surface area contributed by atoms with Crippen molar-refractivity contribution in [3.8, 4) is 0 Å². The molecule has 3 aromatic rings. The van der Waals surface area contributed by atoms with Gasteiger partial charge in [-0.15, -0.1) is 0 Å². The summed E-state index contributed by atoms with van der Waals surface area (Å²) in [6.07, 6.45) is 5.25. The highest BCUT2D eigenvalue weighted by molar-refractivity contribution is 5.79. The normalized spacial score (nSPS) is 23.9. The van der Waals surface area contributed by atoms with Crippen molar-refractivity contribution in [3.05, 3.63) is 30.4 Å². The second-order valence-corrected chi connectivity index (χ2v) is 8.60. The van der Waals surface area contributed by atoms with Gasteiger partial charge in [0.1, 0.15) is 23.0 Å². The Hall–Kier alpha value is -2.74. The third-order valence-electron chi connectivity index (χ3n) is 6.18. The molecule has 3 aromatic heterocycles. The molecule has 8 nitrogen and oxygen atoms in total. The fourth-order valence-electron chi connectivity index (χ4n) is 4.97. The lowest BCUT2D eigenvalue weighted by Gasteiger charge is -2.18. The molecular weight excluding hydrogens is 366 g/mol. The molecule has 4 heterocycles. The highest BCUT2D eigenvalue weighted by Crippen LogP contribution is 2.39. The van der Waals surface area contributed by atoms with Crippen LogP contribution in [-0.4, -0.2) is 48.8 Å². The molecule has 1 saturated heterocycles. The van der Waals surface area contributed by atoms with Crippen LogP contribution < -0.4 is 10.2 Å². The number of nitrogens with zero attached hydrogens (tertiary/aromatic N) is 6. The third-order valence-corrected chi connectivity index (χ3v) is 6.18. The minimum Gasteiger partial charge on any atom is -0.393 e. The number of pyridine rings is 1. The minimum absolute atomic E-state index is 0.134. The van der Waals surface area contributed by atoms with Gasteiger partial charge in [-0.05, 0) is 51.5 Å². The molecule has 2 aliphatic rings. The molecule has 152 valence electrons. The molecule has 0 bridgehead atoms. The second-order valence-electron chi connectivity index (χ2n) is 8.60. The average molecular weight is 393 g/mol. The van der Waals surface area contributed by atoms with Crippen LogP contribution in [0.25, 0.3) is 11.0 Å². The van der Waals surface area contributed by atoms with Crippen LogP contribution in [0.5, 0.6) is 0 Å². The first-order chi connectivity index (χ1) is 14.0. The summed E-state index contributed by atoms with van der Waals surface area (Å²) in [5.74, 6) is 4.30. The van der Waals surface area contributed by atoms with E-state index in [1.165, 1.54) is 0 Å². The number of aliphatic hydroxyl groups is 1. The first kappa shape index (κ1) is 18.3. The summed E-state index contributed by atoms with van der Waals surface area (Å²) in [5.41, 5.74) is 1.96. The predicted molar refractivity (Wildman–Crippen MR) is 112 cm³/mol. The number of aromatic nitrogens is 5. The Kier molecular flexibility index (Phi) is 4.38. The van der Waals surface area contributed by atoms with Crippen LogP contribution >= 0.6 is 0 Å². The molecule has 0 amide bonds. The van der Waals surface area contributed by atoms with E-state index in [0.717, 1.165) is 60.4 Å². The van der Waals surface area contributed by atoms with E-state index in [2.05, 4.69) is 43.6 Å². The summed E-state index contributed by atoms with van der Waals surface area (Å²) >= 11 is 0. The molecule has 1 aliphatic carbocycles. The predicted octanol–water partition coefficient (Wildman–Crippen LogP) is 3.06. The lowest BCUT2D eigenvalue weighted by atomic mass is 10.0. The first-order valence-electron chi connectivity index (χ1n) is 10.4. The molecule has 0 unspecified atom stereocenters. The van der Waals surface area contributed by atoms with Crippen molar-refractivity contribution in [1.82, 2.24) is 24.5 Å². The molecule has 1 saturated carbocycles. The van der Waals surface area contributed by atoms with Gasteiger partial charge in [0.2, 0.25) is 5.95 Å². The van der Waals surface area contributed by atoms with Crippen LogP contribution in [0.15, 0.2) is 24.5 Å². The molecule has 5 rings (SSSR count). The minimum atomic E-state index is -0.134. The number of hydrogen-bond donors (Lipinski definition) is 2. The molecule has 0 aromatic carbocycles. The number of nitrogens with one attached hydrogen (secondary N) is 1. The monoisotopic (exact) mass is 393 g/mol. The van der Waals surface area contributed by atoms with Crippen molar-refractivity contribution in [2.24, 2.45) is 11.8 Å². The third kappa shape index (κ3) is 3.31. The van der Waals surface area contributed by atoms with Gasteiger partial charge < -0.3 is 19.9 Å². The molecule has 0 radical (unpaired) electrons. The van der Waals surface area contributed by atoms with E-state index in [0.29, 0.717) is 17.9 Å². The largest absolute Gasteiger partial charge is 0.393 e. The standard InChI is InChI=1S/C21H27N7O/c1-12(2)28-13(3)24-17-9-23-20(8-18(17)28)25-19-4-5-22-21(26-19)27-10-14-6-16(29)7-15(14)11-27/h4-5,8-9,12,14-16,29H,6-7,10-11H2,1-3H3,(H,22,23,25,26)/t14-,15+,16-. The number of aliphatic hydroxyl groups excluding tert-OH is 1. The van der Waals surface area contributed by atoms with Crippen LogP contribution in [0.1, 0.15) is 38.6 Å². The lowest BCUT2D eigenvalue weighted by Crippen LogP contribution is -2.24. The molecule has 29 heavy (non-hydrogen) atoms. The maximum atomic E-state index is 9.86. The number of rotatable bonds is 4. The molecule has 8 heteroatoms. The molecule has 3 atom stereocenters. The Balaban J connectivity index is 1.37. The Morgan fingerprint density at radius 3 is 2.59 bits per heavy atom. The lowest BCUT2D eigenvalue weighted by molar-refractivity contribution is 0.174. The topological polar surface area (TPSA) is 92.0 Å². The Morgan fingerprint density at radius 1 is 1.10 bits per heavy atom. The summed E-state index contributed by atoms with van der Waals surface area (Å²) in [4.78, 5) is 20.5. The van der Waals surface area contributed by atoms with Crippen molar-refractivity contribution in [3.63, 3.8) is 0 Å². The fraction of sp³-hybridized carbons (Fsp3) is 0.524. The second kappa shape index (κ2) is 6.95. The smallest absolute Gasteiger partial charge is 0.227 e. The number of aryl methyl sites for hydroxylation is 1. The maximum absolute atomic E-state index is 9.86. The average Bonchev–Trinajstić information content (AvgIpc) is 3.31. The fourth-order valence-corrected chi connectivity index (χ4v) is 4.97. The van der Waals surface area contributed by atoms with Crippen LogP contribution in [0, 0.1) is 18.8 Å². The van der Waals surface area contributed by atoms with Crippen LogP contribution in [-0.2, 0) is 0 Å². The summed E-state index contributed by atoms with van der Waals surface area (Å²) in [5, 5.41) is 13.2. The first-order valence-corrected chi connectivity index (χ1v) is 10.4. The van der Waals surface area contributed by atoms with Gasteiger partial charge in [0, 0.05) is 31.4 Å². The highest BCUT2D eigenvalue weighted by atomic mass is 16.3. The van der Waals surface area contributed by atoms with Gasteiger partial charge in [0.05, 0.1) is 17.8 Å². The van der Waals surface area contributed by atoms with Crippen molar-refractivity contribution in [2.75, 3.05) is 23.3 Å². The quantitative estimate of drug-likeness (QED) is 0.704. The molecule has 0 spiro atoms. The van der Waals surface area contributed by atoms with Crippen molar-refractivity contribution in [2.45, 2.75) is 45.8 Å². The van der Waals surface area contributed by atoms with Gasteiger partial charge in [-0.2, -0.15) is 4.98 Å². The number of imidazole rings is 1. The SMILES string of the molecule is Cc1nc2cnc(Nc3ccnc(N4C[C@H]5C[C@@H](O)C[C@H]5C4)n3)cc2n1C(C)C. The van der Waals surface area contributed by atoms with Crippen LogP contribution in [0.3, 0.4) is 0 Å². The van der Waals surface area contributed by atoms with E-state index in [-0.39, 0.29) is 6.10 Å². The zero-order valence-corrected chi connectivity index (χ0v) is 17.1. The van der Waals surface area contributed by atoms with Gasteiger partial charge in [0.15, 0.2) is 0 Å². The number of anilines is 3. The van der Waals surface area contributed by atoms with Crippen molar-refractivity contribution < 1.29 is 5.11 Å². The van der Waals surface area contributed by atoms with Gasteiger partial charge in [-0.1, -0.05) is 0 Å². The van der Waals surface area contributed by atoms with Gasteiger partial charge in [-0.25, -0.2) is 15.0 Å². The molecule has 1 aliphatic heterocycles. The van der Waals surface area contributed by atoms with E-state index in [4.69, 9.17) is 4.98 Å². The molecule has 2 N–H and O–H groups in total. The van der Waals surface area contributed by atoms with Crippen LogP contribution in [0.2, 0.25) is 0 Å². The maximum Gasteiger partial charge on any atom is 0.227 e. The van der Waals surface area contributed by atoms with E-state index >= 15 is 0 Å². The van der Waals surface area contributed by atoms with E-state index < -0.39 is 0 Å². The zero-order chi connectivity index (χ0) is 20.1. The van der Waals surface area contributed by atoms with Crippen molar-refractivity contribution in [1.29, 1.82) is 0 Å². The van der Waals surface area contributed by atoms with Crippen molar-refractivity contribution >= 4 is 28.6 Å². The number of fused-ring (bicyclic) bond motifs is 2. The summed E-state index contributed by atoms with van der Waals surface area (Å²) in [6, 6.07) is 4.22. The zero-order valence-electron chi connectivity index (χ0n) is 17.1. The van der Waals surface area contributed by atoms with Gasteiger partial charge in [0.25, 0.3) is 0 Å².